The van der Waals surface area contributed by atoms with Gasteiger partial charge in [0, 0.05) is 22.1 Å². The van der Waals surface area contributed by atoms with E-state index >= 15 is 0 Å². The molecule has 0 saturated carbocycles. The number of benzene rings is 4. The highest BCUT2D eigenvalue weighted by Crippen LogP contribution is 2.47. The van der Waals surface area contributed by atoms with Gasteiger partial charge >= 0.3 is 0 Å². The van der Waals surface area contributed by atoms with Crippen LogP contribution in [0, 0.1) is 93.1 Å². The predicted octanol–water partition coefficient (Wildman–Crippen LogP) is 8.40. The highest BCUT2D eigenvalue weighted by atomic mass is 19.2. The molecular formula is C22F16. The predicted molar refractivity (Wildman–Crippen MR) is 94.1 cm³/mol. The van der Waals surface area contributed by atoms with Crippen molar-refractivity contribution in [3.63, 3.8) is 0 Å². The van der Waals surface area contributed by atoms with Crippen LogP contribution in [0.4, 0.5) is 70.2 Å². The summed E-state index contributed by atoms with van der Waals surface area (Å²) in [5, 5.41) is -4.78. The summed E-state index contributed by atoms with van der Waals surface area (Å²) in [5.41, 5.74) is -10.5. The molecule has 0 bridgehead atoms. The lowest BCUT2D eigenvalue weighted by Gasteiger charge is -2.19. The van der Waals surface area contributed by atoms with Crippen LogP contribution >= 0.6 is 0 Å². The maximum Gasteiger partial charge on any atom is 0.200 e. The molecule has 0 nitrogen and oxygen atoms in total. The summed E-state index contributed by atoms with van der Waals surface area (Å²) >= 11 is 0. The van der Waals surface area contributed by atoms with Gasteiger partial charge in [0.15, 0.2) is 87.3 Å². The minimum absolute atomic E-state index is 2.39. The van der Waals surface area contributed by atoms with E-state index < -0.39 is 126 Å². The van der Waals surface area contributed by atoms with Crippen LogP contribution in [0.1, 0.15) is 0 Å². The Morgan fingerprint density at radius 3 is 0.763 bits per heavy atom. The standard InChI is InChI=1S/C22F16/c23-7-1(3-5(11(27)15(7)31)12(28)19(35)18(34)10(3)26)2-4(9(25)17(33)16(32)8(2)24)6-13(29)20(36)22(38)21(37)14(6)30. The minimum atomic E-state index is -3.07. The van der Waals surface area contributed by atoms with Crippen LogP contribution < -0.4 is 0 Å². The fourth-order valence-corrected chi connectivity index (χ4v) is 3.66. The van der Waals surface area contributed by atoms with E-state index in [1.54, 1.807) is 0 Å². The molecule has 0 N–H and O–H groups in total. The highest BCUT2D eigenvalue weighted by Gasteiger charge is 2.39. The molecule has 0 aliphatic carbocycles. The van der Waals surface area contributed by atoms with Gasteiger partial charge in [0.25, 0.3) is 0 Å². The summed E-state index contributed by atoms with van der Waals surface area (Å²) in [5.74, 6) is -47.7. The fraction of sp³-hybridized carbons (Fsp3) is 0. The van der Waals surface area contributed by atoms with Crippen LogP contribution in [-0.2, 0) is 0 Å². The molecule has 4 aromatic rings. The Bertz CT molecular complexity index is 1690. The minimum Gasteiger partial charge on any atom is -0.203 e. The van der Waals surface area contributed by atoms with E-state index in [0.29, 0.717) is 0 Å². The maximum absolute atomic E-state index is 14.9. The quantitative estimate of drug-likeness (QED) is 0.130. The first-order valence-corrected chi connectivity index (χ1v) is 9.27. The second-order valence-corrected chi connectivity index (χ2v) is 7.27. The van der Waals surface area contributed by atoms with Crippen LogP contribution in [0.2, 0.25) is 0 Å². The molecule has 0 aliphatic rings. The van der Waals surface area contributed by atoms with Crippen molar-refractivity contribution in [3.05, 3.63) is 93.1 Å². The molecule has 0 aromatic heterocycles. The van der Waals surface area contributed by atoms with Crippen molar-refractivity contribution in [2.24, 2.45) is 0 Å². The zero-order chi connectivity index (χ0) is 28.7. The first-order valence-electron chi connectivity index (χ1n) is 9.27. The molecule has 200 valence electrons. The monoisotopic (exact) mass is 568 g/mol. The van der Waals surface area contributed by atoms with E-state index in [2.05, 4.69) is 0 Å². The van der Waals surface area contributed by atoms with Crippen LogP contribution in [0.3, 0.4) is 0 Å². The number of hydrogen-bond acceptors (Lipinski definition) is 0. The van der Waals surface area contributed by atoms with Gasteiger partial charge in [0.05, 0.1) is 10.9 Å². The van der Waals surface area contributed by atoms with Crippen molar-refractivity contribution in [1.82, 2.24) is 0 Å². The normalized spacial score (nSPS) is 11.7. The summed E-state index contributed by atoms with van der Waals surface area (Å²) in [6, 6.07) is 0. The third-order valence-corrected chi connectivity index (χ3v) is 5.32. The lowest BCUT2D eigenvalue weighted by molar-refractivity contribution is 0.379. The molecule has 0 fully saturated rings. The summed E-state index contributed by atoms with van der Waals surface area (Å²) in [4.78, 5) is 0. The lowest BCUT2D eigenvalue weighted by Crippen LogP contribution is -2.12. The Kier molecular flexibility index (Phi) is 6.27. The Balaban J connectivity index is 2.43. The molecule has 0 atom stereocenters. The van der Waals surface area contributed by atoms with E-state index in [0.717, 1.165) is 0 Å². The van der Waals surface area contributed by atoms with Gasteiger partial charge in [-0.25, -0.2) is 70.2 Å². The molecular weight excluding hydrogens is 568 g/mol. The van der Waals surface area contributed by atoms with Crippen LogP contribution in [0.5, 0.6) is 0 Å². The van der Waals surface area contributed by atoms with E-state index in [4.69, 9.17) is 0 Å². The summed E-state index contributed by atoms with van der Waals surface area (Å²) in [7, 11) is 0. The molecule has 0 spiro atoms. The van der Waals surface area contributed by atoms with Crippen molar-refractivity contribution < 1.29 is 70.2 Å². The Morgan fingerprint density at radius 2 is 0.368 bits per heavy atom. The summed E-state index contributed by atoms with van der Waals surface area (Å²) < 4.78 is 228. The lowest BCUT2D eigenvalue weighted by atomic mass is 9.88. The first-order chi connectivity index (χ1) is 17.6. The van der Waals surface area contributed by atoms with Crippen molar-refractivity contribution in [2.75, 3.05) is 0 Å². The molecule has 4 rings (SSSR count). The average molecular weight is 568 g/mol. The van der Waals surface area contributed by atoms with Gasteiger partial charge < -0.3 is 0 Å². The fourth-order valence-electron chi connectivity index (χ4n) is 3.66. The third kappa shape index (κ3) is 3.34. The molecule has 4 aromatic carbocycles. The van der Waals surface area contributed by atoms with Gasteiger partial charge in [-0.1, -0.05) is 0 Å². The number of rotatable bonds is 2. The van der Waals surface area contributed by atoms with Crippen LogP contribution in [-0.4, -0.2) is 0 Å². The van der Waals surface area contributed by atoms with Crippen LogP contribution in [0.25, 0.3) is 33.0 Å². The average Bonchev–Trinajstić information content (AvgIpc) is 2.89. The molecule has 0 radical (unpaired) electrons. The molecule has 0 heterocycles. The van der Waals surface area contributed by atoms with Gasteiger partial charge in [-0.05, 0) is 0 Å². The van der Waals surface area contributed by atoms with Gasteiger partial charge in [-0.3, -0.25) is 0 Å². The Morgan fingerprint density at radius 1 is 0.158 bits per heavy atom. The van der Waals surface area contributed by atoms with E-state index in [1.807, 2.05) is 0 Å². The van der Waals surface area contributed by atoms with Crippen molar-refractivity contribution in [1.29, 1.82) is 0 Å². The second kappa shape index (κ2) is 8.80. The van der Waals surface area contributed by atoms with E-state index in [-0.39, 0.29) is 0 Å². The third-order valence-electron chi connectivity index (χ3n) is 5.32. The zero-order valence-corrected chi connectivity index (χ0v) is 17.0. The van der Waals surface area contributed by atoms with E-state index in [1.165, 1.54) is 0 Å². The van der Waals surface area contributed by atoms with Crippen molar-refractivity contribution in [2.45, 2.75) is 0 Å². The molecule has 0 aliphatic heterocycles. The molecule has 0 amide bonds. The highest BCUT2D eigenvalue weighted by molar-refractivity contribution is 6.02. The van der Waals surface area contributed by atoms with E-state index in [9.17, 15) is 70.2 Å². The SMILES string of the molecule is Fc1c(F)c(F)c(-c2c(F)c(F)c(F)c(F)c2-c2c(F)c(F)c(F)c3c(F)c(F)c(F)c(F)c23)c(F)c1F. The second-order valence-electron chi connectivity index (χ2n) is 7.27. The molecule has 16 heteroatoms. The summed E-state index contributed by atoms with van der Waals surface area (Å²) in [6.07, 6.45) is 0. The first kappa shape index (κ1) is 27.1. The molecule has 0 unspecified atom stereocenters. The molecule has 0 saturated heterocycles. The van der Waals surface area contributed by atoms with Crippen molar-refractivity contribution >= 4 is 10.8 Å². The summed E-state index contributed by atoms with van der Waals surface area (Å²) in [6.45, 7) is 0. The smallest absolute Gasteiger partial charge is 0.200 e. The van der Waals surface area contributed by atoms with Gasteiger partial charge in [0.1, 0.15) is 0 Å². The number of fused-ring (bicyclic) bond motifs is 1. The number of hydrogen-bond donors (Lipinski definition) is 0. The maximum atomic E-state index is 14.9. The van der Waals surface area contributed by atoms with Gasteiger partial charge in [-0.2, -0.15) is 0 Å². The largest absolute Gasteiger partial charge is 0.203 e. The van der Waals surface area contributed by atoms with Crippen LogP contribution in [0.15, 0.2) is 0 Å². The number of halogens is 16. The van der Waals surface area contributed by atoms with Gasteiger partial charge in [0.2, 0.25) is 5.82 Å². The van der Waals surface area contributed by atoms with Crippen molar-refractivity contribution in [3.8, 4) is 22.3 Å². The van der Waals surface area contributed by atoms with Gasteiger partial charge in [-0.15, -0.1) is 0 Å². The zero-order valence-electron chi connectivity index (χ0n) is 17.0. The topological polar surface area (TPSA) is 0 Å². The Labute approximate surface area is 197 Å². The Hall–Kier alpha value is -3.98. The molecule has 38 heavy (non-hydrogen) atoms.